The maximum atomic E-state index is 13.0. The molecular formula is C26H35N5O5. The lowest BCUT2D eigenvalue weighted by molar-refractivity contribution is -0.140. The van der Waals surface area contributed by atoms with Crippen LogP contribution >= 0.6 is 0 Å². The number of methoxy groups -OCH3 is 1. The molecule has 0 spiro atoms. The number of carbonyl (C=O) groups excluding carboxylic acids is 4. The number of pyridine rings is 1. The predicted octanol–water partition coefficient (Wildman–Crippen LogP) is 2.08. The second-order valence-corrected chi connectivity index (χ2v) is 8.72. The van der Waals surface area contributed by atoms with Crippen molar-refractivity contribution in [2.75, 3.05) is 7.11 Å². The molecule has 0 aliphatic heterocycles. The summed E-state index contributed by atoms with van der Waals surface area (Å²) in [4.78, 5) is 54.6. The molecule has 1 aromatic heterocycles. The van der Waals surface area contributed by atoms with Crippen molar-refractivity contribution in [3.63, 3.8) is 0 Å². The SMILES string of the molecule is CCC(NC(=O)C(CC(C)C)NC(=O)NCc1ccccc1)C(=O)C(=O)NCc1ccc(OC)nc1. The van der Waals surface area contributed by atoms with Crippen molar-refractivity contribution in [3.8, 4) is 5.88 Å². The summed E-state index contributed by atoms with van der Waals surface area (Å²) in [6, 6.07) is 10.4. The lowest BCUT2D eigenvalue weighted by Crippen LogP contribution is -2.55. The zero-order chi connectivity index (χ0) is 26.5. The summed E-state index contributed by atoms with van der Waals surface area (Å²) in [5, 5.41) is 10.6. The second kappa shape index (κ2) is 14.4. The van der Waals surface area contributed by atoms with Crippen LogP contribution in [0.3, 0.4) is 0 Å². The fourth-order valence-corrected chi connectivity index (χ4v) is 3.38. The van der Waals surface area contributed by atoms with Gasteiger partial charge in [-0.15, -0.1) is 0 Å². The van der Waals surface area contributed by atoms with Crippen molar-refractivity contribution in [2.45, 2.75) is 58.8 Å². The molecule has 0 saturated heterocycles. The summed E-state index contributed by atoms with van der Waals surface area (Å²) in [5.74, 6) is -1.55. The minimum atomic E-state index is -1.02. The molecule has 4 amide bonds. The van der Waals surface area contributed by atoms with Crippen LogP contribution in [0.25, 0.3) is 0 Å². The highest BCUT2D eigenvalue weighted by molar-refractivity contribution is 6.38. The summed E-state index contributed by atoms with van der Waals surface area (Å²) in [7, 11) is 1.50. The average Bonchev–Trinajstić information content (AvgIpc) is 2.88. The Morgan fingerprint density at radius 2 is 1.58 bits per heavy atom. The highest BCUT2D eigenvalue weighted by Crippen LogP contribution is 2.08. The summed E-state index contributed by atoms with van der Waals surface area (Å²) in [6.07, 6.45) is 2.12. The Hall–Kier alpha value is -3.95. The molecule has 0 radical (unpaired) electrons. The van der Waals surface area contributed by atoms with E-state index < -0.39 is 35.7 Å². The highest BCUT2D eigenvalue weighted by atomic mass is 16.5. The first-order chi connectivity index (χ1) is 17.2. The van der Waals surface area contributed by atoms with E-state index >= 15 is 0 Å². The van der Waals surface area contributed by atoms with Crippen molar-refractivity contribution in [3.05, 3.63) is 59.8 Å². The Balaban J connectivity index is 1.93. The smallest absolute Gasteiger partial charge is 0.315 e. The standard InChI is InChI=1S/C26H35N5O5/c1-5-20(23(32)25(34)28-16-19-11-12-22(36-4)27-15-19)30-24(33)21(13-17(2)3)31-26(35)29-14-18-9-7-6-8-10-18/h6-12,15,17,20-21H,5,13-14,16H2,1-4H3,(H,28,34)(H,30,33)(H2,29,31,35). The van der Waals surface area contributed by atoms with E-state index in [0.717, 1.165) is 5.56 Å². The Morgan fingerprint density at radius 3 is 2.17 bits per heavy atom. The van der Waals surface area contributed by atoms with Gasteiger partial charge in [-0.05, 0) is 29.9 Å². The number of carbonyl (C=O) groups is 4. The van der Waals surface area contributed by atoms with Gasteiger partial charge in [0.25, 0.3) is 5.91 Å². The van der Waals surface area contributed by atoms with E-state index in [9.17, 15) is 19.2 Å². The van der Waals surface area contributed by atoms with Crippen molar-refractivity contribution in [1.82, 2.24) is 26.3 Å². The normalized spacial score (nSPS) is 12.2. The zero-order valence-corrected chi connectivity index (χ0v) is 21.2. The monoisotopic (exact) mass is 497 g/mol. The molecular weight excluding hydrogens is 462 g/mol. The van der Waals surface area contributed by atoms with Crippen LogP contribution in [0.2, 0.25) is 0 Å². The molecule has 2 unspecified atom stereocenters. The number of nitrogens with one attached hydrogen (secondary N) is 4. The molecule has 0 bridgehead atoms. The molecule has 36 heavy (non-hydrogen) atoms. The van der Waals surface area contributed by atoms with E-state index in [1.807, 2.05) is 44.2 Å². The van der Waals surface area contributed by atoms with Crippen LogP contribution in [-0.2, 0) is 27.5 Å². The van der Waals surface area contributed by atoms with Gasteiger partial charge in [0.05, 0.1) is 13.2 Å². The highest BCUT2D eigenvalue weighted by Gasteiger charge is 2.29. The third kappa shape index (κ3) is 9.36. The number of rotatable bonds is 13. The number of amides is 4. The Morgan fingerprint density at radius 1 is 0.889 bits per heavy atom. The van der Waals surface area contributed by atoms with Crippen LogP contribution in [0.4, 0.5) is 4.79 Å². The Bertz CT molecular complexity index is 1010. The molecule has 2 aromatic rings. The van der Waals surface area contributed by atoms with Crippen LogP contribution in [-0.4, -0.2) is 47.8 Å². The number of aromatic nitrogens is 1. The number of ketones is 1. The minimum Gasteiger partial charge on any atom is -0.481 e. The maximum Gasteiger partial charge on any atom is 0.315 e. The second-order valence-electron chi connectivity index (χ2n) is 8.72. The van der Waals surface area contributed by atoms with Gasteiger partial charge in [0, 0.05) is 25.4 Å². The largest absolute Gasteiger partial charge is 0.481 e. The van der Waals surface area contributed by atoms with Gasteiger partial charge < -0.3 is 26.0 Å². The molecule has 0 aliphatic carbocycles. The van der Waals surface area contributed by atoms with Crippen molar-refractivity contribution in [1.29, 1.82) is 0 Å². The first-order valence-electron chi connectivity index (χ1n) is 11.9. The van der Waals surface area contributed by atoms with Gasteiger partial charge in [-0.3, -0.25) is 14.4 Å². The van der Waals surface area contributed by atoms with E-state index in [4.69, 9.17) is 4.74 Å². The van der Waals surface area contributed by atoms with E-state index in [1.54, 1.807) is 19.1 Å². The Kier molecular flexibility index (Phi) is 11.4. The van der Waals surface area contributed by atoms with Gasteiger partial charge in [0.1, 0.15) is 6.04 Å². The van der Waals surface area contributed by atoms with Gasteiger partial charge in [-0.2, -0.15) is 0 Å². The van der Waals surface area contributed by atoms with Crippen molar-refractivity contribution >= 4 is 23.6 Å². The molecule has 194 valence electrons. The molecule has 2 rings (SSSR count). The lowest BCUT2D eigenvalue weighted by Gasteiger charge is -2.23. The van der Waals surface area contributed by atoms with Crippen molar-refractivity contribution < 1.29 is 23.9 Å². The van der Waals surface area contributed by atoms with Gasteiger partial charge in [-0.1, -0.05) is 57.2 Å². The zero-order valence-electron chi connectivity index (χ0n) is 21.2. The van der Waals surface area contributed by atoms with Gasteiger partial charge in [0.2, 0.25) is 17.6 Å². The Labute approximate surface area is 211 Å². The quantitative estimate of drug-likeness (QED) is 0.313. The molecule has 10 nitrogen and oxygen atoms in total. The molecule has 4 N–H and O–H groups in total. The topological polar surface area (TPSA) is 139 Å². The number of nitrogens with zero attached hydrogens (tertiary/aromatic N) is 1. The first-order valence-corrected chi connectivity index (χ1v) is 11.9. The summed E-state index contributed by atoms with van der Waals surface area (Å²) in [6.45, 7) is 5.95. The number of hydrogen-bond donors (Lipinski definition) is 4. The molecule has 2 atom stereocenters. The minimum absolute atomic E-state index is 0.102. The molecule has 0 fully saturated rings. The molecule has 1 aromatic carbocycles. The summed E-state index contributed by atoms with van der Waals surface area (Å²) >= 11 is 0. The van der Waals surface area contributed by atoms with Gasteiger partial charge >= 0.3 is 6.03 Å². The summed E-state index contributed by atoms with van der Waals surface area (Å²) < 4.78 is 4.99. The van der Waals surface area contributed by atoms with Crippen LogP contribution in [0.5, 0.6) is 5.88 Å². The third-order valence-corrected chi connectivity index (χ3v) is 5.35. The maximum absolute atomic E-state index is 13.0. The number of benzene rings is 1. The molecule has 1 heterocycles. The number of urea groups is 1. The number of hydrogen-bond acceptors (Lipinski definition) is 6. The lowest BCUT2D eigenvalue weighted by atomic mass is 10.0. The predicted molar refractivity (Wildman–Crippen MR) is 135 cm³/mol. The van der Waals surface area contributed by atoms with Gasteiger partial charge in [0.15, 0.2) is 0 Å². The van der Waals surface area contributed by atoms with E-state index in [0.29, 0.717) is 24.4 Å². The van der Waals surface area contributed by atoms with Gasteiger partial charge in [-0.25, -0.2) is 9.78 Å². The van der Waals surface area contributed by atoms with E-state index in [1.165, 1.54) is 13.3 Å². The third-order valence-electron chi connectivity index (χ3n) is 5.35. The van der Waals surface area contributed by atoms with Crippen molar-refractivity contribution in [2.24, 2.45) is 5.92 Å². The van der Waals surface area contributed by atoms with Crippen LogP contribution in [0, 0.1) is 5.92 Å². The fourth-order valence-electron chi connectivity index (χ4n) is 3.38. The van der Waals surface area contributed by atoms with E-state index in [2.05, 4.69) is 26.3 Å². The first kappa shape index (κ1) is 28.3. The number of Topliss-reactive ketones (excluding diaryl/α,β-unsaturated/α-hetero) is 1. The average molecular weight is 498 g/mol. The van der Waals surface area contributed by atoms with Crippen LogP contribution in [0.15, 0.2) is 48.7 Å². The molecule has 10 heteroatoms. The molecule has 0 saturated carbocycles. The van der Waals surface area contributed by atoms with Crippen LogP contribution in [0.1, 0.15) is 44.7 Å². The summed E-state index contributed by atoms with van der Waals surface area (Å²) in [5.41, 5.74) is 1.61. The van der Waals surface area contributed by atoms with E-state index in [-0.39, 0.29) is 18.9 Å². The molecule has 0 aliphatic rings. The fraction of sp³-hybridized carbons (Fsp3) is 0.423. The number of ether oxygens (including phenoxy) is 1. The van der Waals surface area contributed by atoms with Crippen LogP contribution < -0.4 is 26.0 Å².